The Balaban J connectivity index is 1.90. The van der Waals surface area contributed by atoms with Crippen molar-refractivity contribution in [1.82, 2.24) is 4.98 Å². The van der Waals surface area contributed by atoms with Crippen LogP contribution in [0.25, 0.3) is 10.9 Å². The fourth-order valence-electron chi connectivity index (χ4n) is 2.16. The summed E-state index contributed by atoms with van der Waals surface area (Å²) >= 11 is 0. The summed E-state index contributed by atoms with van der Waals surface area (Å²) in [6.45, 7) is 0. The summed E-state index contributed by atoms with van der Waals surface area (Å²) in [6.07, 6.45) is 0. The van der Waals surface area contributed by atoms with Crippen molar-refractivity contribution in [3.63, 3.8) is 0 Å². The first-order valence-electron chi connectivity index (χ1n) is 6.93. The Labute approximate surface area is 132 Å². The predicted molar refractivity (Wildman–Crippen MR) is 85.5 cm³/mol. The van der Waals surface area contributed by atoms with E-state index in [-0.39, 0.29) is 16.9 Å². The van der Waals surface area contributed by atoms with Gasteiger partial charge >= 0.3 is 0 Å². The highest BCUT2D eigenvalue weighted by Crippen LogP contribution is 2.32. The number of para-hydroxylation sites is 1. The maximum absolute atomic E-state index is 14.0. The molecular weight excluding hydrogens is 299 g/mol. The molecule has 0 aliphatic rings. The minimum Gasteiger partial charge on any atom is -0.493 e. The van der Waals surface area contributed by atoms with Crippen LogP contribution in [-0.2, 0) is 0 Å². The smallest absolute Gasteiger partial charge is 0.250 e. The van der Waals surface area contributed by atoms with Crippen molar-refractivity contribution in [2.45, 2.75) is 0 Å². The van der Waals surface area contributed by atoms with Gasteiger partial charge in [0.2, 0.25) is 5.88 Å². The standard InChI is InChI=1S/C17H15FN2O3/c1-21-15-10-12-8-9-17(19-14(12)11-16(15)22-2)23-20(18)13-6-4-3-5-7-13/h3-11H,1-2H3. The Morgan fingerprint density at radius 2 is 1.61 bits per heavy atom. The van der Waals surface area contributed by atoms with Gasteiger partial charge in [-0.25, -0.2) is 4.98 Å². The van der Waals surface area contributed by atoms with Crippen LogP contribution < -0.4 is 19.6 Å². The fraction of sp³-hybridized carbons (Fsp3) is 0.118. The number of aromatic nitrogens is 1. The van der Waals surface area contributed by atoms with Gasteiger partial charge in [-0.3, -0.25) is 0 Å². The number of rotatable bonds is 5. The largest absolute Gasteiger partial charge is 0.493 e. The number of ether oxygens (including phenoxy) is 2. The minimum atomic E-state index is 0.135. The first kappa shape index (κ1) is 14.9. The molecule has 118 valence electrons. The molecule has 1 aromatic heterocycles. The van der Waals surface area contributed by atoms with Crippen molar-refractivity contribution >= 4 is 16.6 Å². The predicted octanol–water partition coefficient (Wildman–Crippen LogP) is 3.94. The molecule has 0 unspecified atom stereocenters. The summed E-state index contributed by atoms with van der Waals surface area (Å²) in [4.78, 5) is 9.41. The van der Waals surface area contributed by atoms with Gasteiger partial charge in [0, 0.05) is 17.5 Å². The summed E-state index contributed by atoms with van der Waals surface area (Å²) in [5, 5.41) is 1.01. The molecule has 0 fully saturated rings. The summed E-state index contributed by atoms with van der Waals surface area (Å²) in [6, 6.07) is 15.3. The van der Waals surface area contributed by atoms with E-state index in [1.807, 2.05) is 0 Å². The Morgan fingerprint density at radius 3 is 2.30 bits per heavy atom. The third kappa shape index (κ3) is 3.11. The molecule has 1 heterocycles. The second-order valence-electron chi connectivity index (χ2n) is 4.72. The normalized spacial score (nSPS) is 10.4. The van der Waals surface area contributed by atoms with E-state index in [9.17, 15) is 4.48 Å². The number of nitrogens with zero attached hydrogens (tertiary/aromatic N) is 2. The van der Waals surface area contributed by atoms with E-state index < -0.39 is 0 Å². The zero-order valence-corrected chi connectivity index (χ0v) is 12.7. The fourth-order valence-corrected chi connectivity index (χ4v) is 2.16. The van der Waals surface area contributed by atoms with Crippen LogP contribution in [0.15, 0.2) is 54.6 Å². The van der Waals surface area contributed by atoms with Crippen LogP contribution in [0.1, 0.15) is 0 Å². The van der Waals surface area contributed by atoms with Gasteiger partial charge in [-0.05, 0) is 29.6 Å². The third-order valence-electron chi connectivity index (χ3n) is 3.30. The molecule has 0 aliphatic heterocycles. The molecule has 3 aromatic rings. The molecule has 0 saturated heterocycles. The van der Waals surface area contributed by atoms with Gasteiger partial charge in [0.15, 0.2) is 11.5 Å². The van der Waals surface area contributed by atoms with Gasteiger partial charge in [-0.2, -0.15) is 0 Å². The molecule has 3 rings (SSSR count). The molecule has 2 aromatic carbocycles. The molecule has 5 nitrogen and oxygen atoms in total. The van der Waals surface area contributed by atoms with E-state index in [4.69, 9.17) is 14.3 Å². The van der Waals surface area contributed by atoms with E-state index >= 15 is 0 Å². The molecule has 0 spiro atoms. The van der Waals surface area contributed by atoms with Crippen molar-refractivity contribution in [1.29, 1.82) is 0 Å². The quantitative estimate of drug-likeness (QED) is 0.527. The van der Waals surface area contributed by atoms with Crippen molar-refractivity contribution in [3.8, 4) is 17.4 Å². The highest BCUT2D eigenvalue weighted by atomic mass is 19.2. The molecule has 0 N–H and O–H groups in total. The van der Waals surface area contributed by atoms with Crippen molar-refractivity contribution < 1.29 is 18.8 Å². The molecule has 0 saturated carbocycles. The van der Waals surface area contributed by atoms with Crippen LogP contribution >= 0.6 is 0 Å². The van der Waals surface area contributed by atoms with Crippen LogP contribution in [0.5, 0.6) is 17.4 Å². The van der Waals surface area contributed by atoms with Crippen LogP contribution in [0, 0.1) is 0 Å². The summed E-state index contributed by atoms with van der Waals surface area (Å²) < 4.78 is 24.5. The van der Waals surface area contributed by atoms with Crippen molar-refractivity contribution in [3.05, 3.63) is 54.6 Å². The topological polar surface area (TPSA) is 43.8 Å². The van der Waals surface area contributed by atoms with E-state index in [0.29, 0.717) is 17.0 Å². The van der Waals surface area contributed by atoms with E-state index in [1.165, 1.54) is 0 Å². The number of hydrogen-bond donors (Lipinski definition) is 0. The second kappa shape index (κ2) is 6.39. The maximum Gasteiger partial charge on any atom is 0.250 e. The summed E-state index contributed by atoms with van der Waals surface area (Å²) in [7, 11) is 3.11. The van der Waals surface area contributed by atoms with Crippen molar-refractivity contribution in [2.75, 3.05) is 19.5 Å². The molecule has 6 heteroatoms. The van der Waals surface area contributed by atoms with E-state index in [2.05, 4.69) is 4.98 Å². The minimum absolute atomic E-state index is 0.135. The lowest BCUT2D eigenvalue weighted by atomic mass is 10.2. The van der Waals surface area contributed by atoms with Crippen LogP contribution in [0.2, 0.25) is 0 Å². The number of halogens is 1. The van der Waals surface area contributed by atoms with Gasteiger partial charge in [-0.1, -0.05) is 22.7 Å². The average molecular weight is 314 g/mol. The van der Waals surface area contributed by atoms with Gasteiger partial charge < -0.3 is 14.3 Å². The third-order valence-corrected chi connectivity index (χ3v) is 3.30. The van der Waals surface area contributed by atoms with E-state index in [0.717, 1.165) is 5.39 Å². The SMILES string of the molecule is COc1cc2ccc(ON(F)c3ccccc3)nc2cc1OC. The molecule has 0 radical (unpaired) electrons. The Bertz CT molecular complexity index is 812. The van der Waals surface area contributed by atoms with Crippen LogP contribution in [0.4, 0.5) is 10.2 Å². The van der Waals surface area contributed by atoms with Crippen LogP contribution in [0.3, 0.4) is 0 Å². The number of benzene rings is 2. The molecule has 23 heavy (non-hydrogen) atoms. The number of anilines is 1. The Morgan fingerprint density at radius 1 is 0.913 bits per heavy atom. The van der Waals surface area contributed by atoms with Gasteiger partial charge in [-0.15, -0.1) is 0 Å². The lowest BCUT2D eigenvalue weighted by Crippen LogP contribution is -2.17. The Kier molecular flexibility index (Phi) is 4.14. The molecule has 0 aliphatic carbocycles. The lowest BCUT2D eigenvalue weighted by molar-refractivity contribution is 0.135. The number of hydrogen-bond acceptors (Lipinski definition) is 5. The monoisotopic (exact) mass is 314 g/mol. The first-order valence-corrected chi connectivity index (χ1v) is 6.93. The number of fused-ring (bicyclic) bond motifs is 1. The number of pyridine rings is 1. The van der Waals surface area contributed by atoms with Gasteiger partial charge in [0.05, 0.1) is 19.7 Å². The highest BCUT2D eigenvalue weighted by molar-refractivity contribution is 5.83. The van der Waals surface area contributed by atoms with Crippen molar-refractivity contribution in [2.24, 2.45) is 0 Å². The number of methoxy groups -OCH3 is 2. The molecular formula is C17H15FN2O3. The highest BCUT2D eigenvalue weighted by Gasteiger charge is 2.11. The second-order valence-corrected chi connectivity index (χ2v) is 4.72. The molecule has 0 bridgehead atoms. The molecule has 0 atom stereocenters. The Hall–Kier alpha value is -3.02. The lowest BCUT2D eigenvalue weighted by Gasteiger charge is -2.14. The zero-order valence-electron chi connectivity index (χ0n) is 12.7. The molecule has 0 amide bonds. The zero-order chi connectivity index (χ0) is 16.2. The average Bonchev–Trinajstić information content (AvgIpc) is 2.61. The summed E-state index contributed by atoms with van der Waals surface area (Å²) in [5.41, 5.74) is 0.892. The summed E-state index contributed by atoms with van der Waals surface area (Å²) in [5.74, 6) is 1.28. The first-order chi connectivity index (χ1) is 11.2. The van der Waals surface area contributed by atoms with E-state index in [1.54, 1.807) is 68.8 Å². The van der Waals surface area contributed by atoms with Gasteiger partial charge in [0.1, 0.15) is 5.69 Å². The van der Waals surface area contributed by atoms with Gasteiger partial charge in [0.25, 0.3) is 0 Å². The van der Waals surface area contributed by atoms with Crippen LogP contribution in [-0.4, -0.2) is 19.2 Å². The maximum atomic E-state index is 14.0.